The Hall–Kier alpha value is -5.71. The maximum atomic E-state index is 12.6. The number of unbranched alkanes of at least 4 members (excludes halogenated alkanes) is 1. The van der Waals surface area contributed by atoms with Crippen molar-refractivity contribution in [2.45, 2.75) is 57.8 Å². The number of hydrogen-bond donors (Lipinski definition) is 2. The predicted molar refractivity (Wildman–Crippen MR) is 227 cm³/mol. The van der Waals surface area contributed by atoms with Gasteiger partial charge < -0.3 is 19.7 Å². The van der Waals surface area contributed by atoms with E-state index in [9.17, 15) is 9.90 Å². The van der Waals surface area contributed by atoms with Crippen LogP contribution in [0.1, 0.15) is 62.3 Å². The Kier molecular flexibility index (Phi) is 10.5. The van der Waals surface area contributed by atoms with E-state index >= 15 is 0 Å². The molecule has 0 fully saturated rings. The van der Waals surface area contributed by atoms with Crippen LogP contribution in [-0.2, 0) is 16.9 Å². The van der Waals surface area contributed by atoms with E-state index in [1.807, 2.05) is 102 Å². The van der Waals surface area contributed by atoms with E-state index in [4.69, 9.17) is 31.4 Å². The van der Waals surface area contributed by atoms with Crippen LogP contribution in [0.25, 0.3) is 33.7 Å². The van der Waals surface area contributed by atoms with Gasteiger partial charge in [0, 0.05) is 23.1 Å². The Morgan fingerprint density at radius 1 is 0.877 bits per heavy atom. The highest BCUT2D eigenvalue weighted by atomic mass is 79.9. The maximum absolute atomic E-state index is 12.6. The molecule has 7 aromatic rings. The highest BCUT2D eigenvalue weighted by molar-refractivity contribution is 9.10. The lowest BCUT2D eigenvalue weighted by Crippen LogP contribution is -2.56. The number of nitrogens with one attached hydrogen (secondary N) is 1. The Balaban J connectivity index is 1.21. The van der Waals surface area contributed by atoms with E-state index in [0.29, 0.717) is 23.7 Å². The molecule has 1 atom stereocenters. The van der Waals surface area contributed by atoms with Gasteiger partial charge in [0.05, 0.1) is 4.47 Å². The van der Waals surface area contributed by atoms with E-state index in [-0.39, 0.29) is 16.8 Å². The lowest BCUT2D eigenvalue weighted by atomic mass is 9.77. The number of aromatic nitrogens is 4. The molecule has 8 rings (SSSR count). The molecule has 57 heavy (non-hydrogen) atoms. The number of fused-ring (bicyclic) bond motifs is 1. The van der Waals surface area contributed by atoms with Gasteiger partial charge >= 0.3 is 5.97 Å². The van der Waals surface area contributed by atoms with Crippen molar-refractivity contribution in [1.82, 2.24) is 30.4 Å². The first kappa shape index (κ1) is 38.2. The zero-order valence-corrected chi connectivity index (χ0v) is 34.2. The molecule has 0 spiro atoms. The zero-order chi connectivity index (χ0) is 39.7. The molecular formula is C46H42BrClN6O3. The number of hydrogen-bond acceptors (Lipinski definition) is 7. The SMILES string of the molecule is CCCCC1(C(C)C)NC(Cl)=C(C(=O)O)N1Cc1ccc2oc(-c3ccccc3-c3nnn(C(c4ccccc4)(c4ccccc4)c4ccccc4)n3)c(Br)c2c1. The molecule has 0 bridgehead atoms. The second-order valence-electron chi connectivity index (χ2n) is 14.7. The molecule has 2 N–H and O–H groups in total. The van der Waals surface area contributed by atoms with Crippen molar-refractivity contribution in [3.8, 4) is 22.7 Å². The Labute approximate surface area is 345 Å². The number of nitrogens with zero attached hydrogens (tertiary/aromatic N) is 5. The van der Waals surface area contributed by atoms with Crippen molar-refractivity contribution in [2.75, 3.05) is 0 Å². The van der Waals surface area contributed by atoms with E-state index in [0.717, 1.165) is 62.5 Å². The second kappa shape index (κ2) is 15.7. The molecule has 1 unspecified atom stereocenters. The van der Waals surface area contributed by atoms with Gasteiger partial charge in [0.15, 0.2) is 11.2 Å². The minimum absolute atomic E-state index is 0.0759. The van der Waals surface area contributed by atoms with Crippen molar-refractivity contribution in [3.05, 3.63) is 171 Å². The van der Waals surface area contributed by atoms with Gasteiger partial charge in [-0.25, -0.2) is 4.79 Å². The van der Waals surface area contributed by atoms with Gasteiger partial charge in [0.2, 0.25) is 5.82 Å². The number of carboxylic acid groups (broad SMARTS) is 1. The van der Waals surface area contributed by atoms with Gasteiger partial charge in [-0.2, -0.15) is 0 Å². The van der Waals surface area contributed by atoms with Crippen LogP contribution in [0.4, 0.5) is 0 Å². The lowest BCUT2D eigenvalue weighted by Gasteiger charge is -2.44. The number of benzene rings is 5. The first-order valence-electron chi connectivity index (χ1n) is 19.2. The van der Waals surface area contributed by atoms with Crippen molar-refractivity contribution >= 4 is 44.5 Å². The summed E-state index contributed by atoms with van der Waals surface area (Å²) in [4.78, 5) is 16.2. The smallest absolute Gasteiger partial charge is 0.355 e. The molecule has 2 aromatic heterocycles. The van der Waals surface area contributed by atoms with Crippen LogP contribution < -0.4 is 5.32 Å². The summed E-state index contributed by atoms with van der Waals surface area (Å²) in [6, 6.07) is 44.6. The Morgan fingerprint density at radius 2 is 1.46 bits per heavy atom. The summed E-state index contributed by atoms with van der Waals surface area (Å²) in [5, 5.41) is 29.3. The van der Waals surface area contributed by atoms with Gasteiger partial charge in [-0.15, -0.1) is 15.0 Å². The molecule has 1 aliphatic rings. The molecule has 0 radical (unpaired) electrons. The third kappa shape index (κ3) is 6.60. The Bertz CT molecular complexity index is 2480. The van der Waals surface area contributed by atoms with Crippen molar-refractivity contribution in [1.29, 1.82) is 0 Å². The first-order valence-corrected chi connectivity index (χ1v) is 20.3. The third-order valence-electron chi connectivity index (χ3n) is 11.1. The fraction of sp³-hybridized carbons (Fsp3) is 0.217. The number of carbonyl (C=O) groups is 1. The average Bonchev–Trinajstić information content (AvgIpc) is 3.93. The molecule has 5 aromatic carbocycles. The summed E-state index contributed by atoms with van der Waals surface area (Å²) in [7, 11) is 0. The van der Waals surface area contributed by atoms with Crippen LogP contribution in [0.2, 0.25) is 0 Å². The normalized spacial score (nSPS) is 15.8. The minimum Gasteiger partial charge on any atom is -0.476 e. The minimum atomic E-state index is -1.06. The van der Waals surface area contributed by atoms with Crippen LogP contribution in [0.3, 0.4) is 0 Å². The average molecular weight is 842 g/mol. The molecule has 9 nitrogen and oxygen atoms in total. The fourth-order valence-electron chi connectivity index (χ4n) is 8.25. The largest absolute Gasteiger partial charge is 0.476 e. The summed E-state index contributed by atoms with van der Waals surface area (Å²) in [5.74, 6) is 0.0716. The third-order valence-corrected chi connectivity index (χ3v) is 12.1. The van der Waals surface area contributed by atoms with Crippen molar-refractivity contribution < 1.29 is 14.3 Å². The standard InChI is InChI=1S/C46H42BrClN6O3/c1-4-5-27-45(30(2)3)49-42(48)40(44(55)56)53(45)29-31-25-26-38-37(28-31)39(47)41(57-38)35-23-15-16-24-36(35)43-50-52-54(51-43)46(32-17-9-6-10-18-32,33-19-11-7-12-20-33)34-21-13-8-14-22-34/h6-26,28,30,49H,4-5,27,29H2,1-3H3,(H,55,56). The molecule has 11 heteroatoms. The summed E-state index contributed by atoms with van der Waals surface area (Å²) >= 11 is 10.5. The molecule has 0 saturated carbocycles. The first-order chi connectivity index (χ1) is 27.7. The highest BCUT2D eigenvalue weighted by Gasteiger charge is 2.48. The van der Waals surface area contributed by atoms with Gasteiger partial charge in [-0.3, -0.25) is 0 Å². The quantitative estimate of drug-likeness (QED) is 0.0873. The van der Waals surface area contributed by atoms with Crippen LogP contribution >= 0.6 is 27.5 Å². The van der Waals surface area contributed by atoms with Crippen molar-refractivity contribution in [2.24, 2.45) is 5.92 Å². The molecule has 0 saturated heterocycles. The van der Waals surface area contributed by atoms with Gasteiger partial charge in [0.1, 0.15) is 22.2 Å². The van der Waals surface area contributed by atoms with E-state index in [1.54, 1.807) is 4.80 Å². The maximum Gasteiger partial charge on any atom is 0.355 e. The van der Waals surface area contributed by atoms with Gasteiger partial charge in [-0.1, -0.05) is 160 Å². The molecule has 3 heterocycles. The van der Waals surface area contributed by atoms with Crippen LogP contribution in [-0.4, -0.2) is 41.8 Å². The predicted octanol–water partition coefficient (Wildman–Crippen LogP) is 10.8. The van der Waals surface area contributed by atoms with Gasteiger partial charge in [0.25, 0.3) is 0 Å². The summed E-state index contributed by atoms with van der Waals surface area (Å²) < 4.78 is 7.35. The highest BCUT2D eigenvalue weighted by Crippen LogP contribution is 2.45. The monoisotopic (exact) mass is 840 g/mol. The summed E-state index contributed by atoms with van der Waals surface area (Å²) in [6.07, 6.45) is 2.64. The zero-order valence-electron chi connectivity index (χ0n) is 31.9. The van der Waals surface area contributed by atoms with Crippen molar-refractivity contribution in [3.63, 3.8) is 0 Å². The molecular weight excluding hydrogens is 800 g/mol. The molecule has 0 amide bonds. The van der Waals surface area contributed by atoms with Crippen LogP contribution in [0.5, 0.6) is 0 Å². The second-order valence-corrected chi connectivity index (χ2v) is 15.9. The number of aliphatic carboxylic acids is 1. The number of tetrazole rings is 1. The number of carboxylic acids is 1. The molecule has 0 aliphatic carbocycles. The summed E-state index contributed by atoms with van der Waals surface area (Å²) in [5.41, 5.74) is 4.62. The number of rotatable bonds is 13. The van der Waals surface area contributed by atoms with E-state index < -0.39 is 17.2 Å². The Morgan fingerprint density at radius 3 is 2.02 bits per heavy atom. The number of halogens is 2. The van der Waals surface area contributed by atoms with Crippen LogP contribution in [0, 0.1) is 5.92 Å². The molecule has 288 valence electrons. The topological polar surface area (TPSA) is 109 Å². The van der Waals surface area contributed by atoms with Crippen LogP contribution in [0.15, 0.2) is 153 Å². The van der Waals surface area contributed by atoms with E-state index in [1.165, 1.54) is 0 Å². The fourth-order valence-corrected chi connectivity index (χ4v) is 9.20. The lowest BCUT2D eigenvalue weighted by molar-refractivity contribution is -0.135. The summed E-state index contributed by atoms with van der Waals surface area (Å²) in [6.45, 7) is 6.67. The molecule has 1 aliphatic heterocycles. The van der Waals surface area contributed by atoms with Gasteiger partial charge in [-0.05, 0) is 74.3 Å². The number of furan rings is 1. The van der Waals surface area contributed by atoms with E-state index in [2.05, 4.69) is 78.4 Å².